The van der Waals surface area contributed by atoms with Gasteiger partial charge in [-0.1, -0.05) is 29.3 Å². The molecule has 0 saturated carbocycles. The summed E-state index contributed by atoms with van der Waals surface area (Å²) in [6.45, 7) is 5.88. The van der Waals surface area contributed by atoms with E-state index in [1.54, 1.807) is 33.0 Å². The molecule has 0 saturated heterocycles. The third-order valence-electron chi connectivity index (χ3n) is 3.17. The average Bonchev–Trinajstić information content (AvgIpc) is 2.40. The van der Waals surface area contributed by atoms with E-state index >= 15 is 0 Å². The first-order chi connectivity index (χ1) is 10.9. The predicted octanol–water partition coefficient (Wildman–Crippen LogP) is 3.17. The van der Waals surface area contributed by atoms with Crippen LogP contribution >= 0.6 is 47.2 Å². The lowest BCUT2D eigenvalue weighted by molar-refractivity contribution is 0.445. The Kier molecular flexibility index (Phi) is 10.0. The van der Waals surface area contributed by atoms with Gasteiger partial charge in [0.05, 0.1) is 12.3 Å². The van der Waals surface area contributed by atoms with Gasteiger partial charge in [0, 0.05) is 29.2 Å². The molecule has 0 aliphatic heterocycles. The quantitative estimate of drug-likeness (QED) is 0.304. The number of benzene rings is 1. The number of halogens is 3. The second kappa shape index (κ2) is 10.1. The second-order valence-corrected chi connectivity index (χ2v) is 8.81. The molecule has 144 valence electrons. The molecule has 0 fully saturated rings. The van der Waals surface area contributed by atoms with Crippen molar-refractivity contribution in [3.05, 3.63) is 33.8 Å². The molecule has 1 rings (SSSR count). The zero-order valence-electron chi connectivity index (χ0n) is 14.9. The average molecular weight is 523 g/mol. The summed E-state index contributed by atoms with van der Waals surface area (Å²) in [7, 11) is -1.65. The monoisotopic (exact) mass is 522 g/mol. The summed E-state index contributed by atoms with van der Waals surface area (Å²) in [6.07, 6.45) is 1.13. The molecule has 0 radical (unpaired) electrons. The molecule has 0 spiro atoms. The summed E-state index contributed by atoms with van der Waals surface area (Å²) < 4.78 is 25.3. The van der Waals surface area contributed by atoms with Crippen LogP contribution in [-0.4, -0.2) is 39.8 Å². The van der Waals surface area contributed by atoms with E-state index in [4.69, 9.17) is 23.2 Å². The second-order valence-electron chi connectivity index (χ2n) is 6.22. The summed E-state index contributed by atoms with van der Waals surface area (Å²) in [4.78, 5) is 4.15. The van der Waals surface area contributed by atoms with Gasteiger partial charge in [0.2, 0.25) is 10.0 Å². The topological polar surface area (TPSA) is 82.6 Å². The Hall–Kier alpha value is -0.290. The number of guanidine groups is 1. The van der Waals surface area contributed by atoms with Crippen molar-refractivity contribution < 1.29 is 8.42 Å². The highest BCUT2D eigenvalue weighted by Gasteiger charge is 2.22. The normalized spacial score (nSPS) is 13.8. The van der Waals surface area contributed by atoms with Crippen LogP contribution in [0.5, 0.6) is 0 Å². The third-order valence-corrected chi connectivity index (χ3v) is 4.65. The summed E-state index contributed by atoms with van der Waals surface area (Å²) >= 11 is 12.1. The number of rotatable bonds is 6. The molecule has 0 aromatic heterocycles. The van der Waals surface area contributed by atoms with E-state index in [0.717, 1.165) is 11.8 Å². The molecule has 0 amide bonds. The van der Waals surface area contributed by atoms with Crippen LogP contribution in [-0.2, 0) is 10.0 Å². The molecule has 0 aliphatic carbocycles. The molecule has 0 heterocycles. The maximum absolute atomic E-state index is 11.4. The Morgan fingerprint density at radius 2 is 1.92 bits per heavy atom. The first-order valence-electron chi connectivity index (χ1n) is 7.34. The highest BCUT2D eigenvalue weighted by molar-refractivity contribution is 14.0. The zero-order chi connectivity index (χ0) is 18.5. The van der Waals surface area contributed by atoms with Crippen LogP contribution in [0, 0.1) is 0 Å². The van der Waals surface area contributed by atoms with E-state index in [0.29, 0.717) is 22.5 Å². The molecule has 6 nitrogen and oxygen atoms in total. The van der Waals surface area contributed by atoms with Gasteiger partial charge in [-0.25, -0.2) is 13.1 Å². The maximum atomic E-state index is 11.4. The van der Waals surface area contributed by atoms with Gasteiger partial charge in [0.1, 0.15) is 0 Å². The fraction of sp³-hybridized carbons (Fsp3) is 0.533. The molecule has 1 aromatic carbocycles. The number of nitrogens with zero attached hydrogens (tertiary/aromatic N) is 1. The summed E-state index contributed by atoms with van der Waals surface area (Å²) in [5.41, 5.74) is 0.226. The van der Waals surface area contributed by atoms with Crippen LogP contribution in [0.25, 0.3) is 0 Å². The molecular formula is C15H25Cl2IN4O2S. The number of sulfonamides is 1. The van der Waals surface area contributed by atoms with Crippen molar-refractivity contribution in [1.29, 1.82) is 0 Å². The first-order valence-corrected chi connectivity index (χ1v) is 9.99. The van der Waals surface area contributed by atoms with E-state index < -0.39 is 15.6 Å². The number of hydrogen-bond donors (Lipinski definition) is 3. The van der Waals surface area contributed by atoms with E-state index in [-0.39, 0.29) is 30.0 Å². The fourth-order valence-electron chi connectivity index (χ4n) is 2.17. The van der Waals surface area contributed by atoms with E-state index in [1.807, 2.05) is 13.0 Å². The smallest absolute Gasteiger partial charge is 0.209 e. The molecule has 10 heteroatoms. The zero-order valence-corrected chi connectivity index (χ0v) is 19.5. The number of aliphatic imine (C=N–C) groups is 1. The van der Waals surface area contributed by atoms with E-state index in [1.165, 1.54) is 0 Å². The van der Waals surface area contributed by atoms with Crippen molar-refractivity contribution in [3.63, 3.8) is 0 Å². The minimum atomic E-state index is -3.29. The lowest BCUT2D eigenvalue weighted by Gasteiger charge is -2.27. The van der Waals surface area contributed by atoms with Gasteiger partial charge < -0.3 is 10.6 Å². The Morgan fingerprint density at radius 1 is 1.32 bits per heavy atom. The fourth-order valence-corrected chi connectivity index (χ4v) is 3.82. The van der Waals surface area contributed by atoms with Crippen LogP contribution in [0.1, 0.15) is 32.4 Å². The molecule has 0 aliphatic rings. The standard InChI is InChI=1S/C15H24Cl2N4O2S.HI/c1-10(12-7-6-11(16)8-13(12)17)20-14(18-4)19-9-15(2,3)21-24(5,22)23;/h6-8,10,21H,9H2,1-5H3,(H2,18,19,20);1H. The first kappa shape index (κ1) is 24.7. The van der Waals surface area contributed by atoms with E-state index in [9.17, 15) is 8.42 Å². The minimum absolute atomic E-state index is 0. The largest absolute Gasteiger partial charge is 0.355 e. The van der Waals surface area contributed by atoms with Gasteiger partial charge >= 0.3 is 0 Å². The van der Waals surface area contributed by atoms with Gasteiger partial charge in [-0.3, -0.25) is 4.99 Å². The molecule has 1 unspecified atom stereocenters. The highest BCUT2D eigenvalue weighted by Crippen LogP contribution is 2.25. The van der Waals surface area contributed by atoms with Crippen molar-refractivity contribution in [1.82, 2.24) is 15.4 Å². The third kappa shape index (κ3) is 9.28. The van der Waals surface area contributed by atoms with Crippen LogP contribution < -0.4 is 15.4 Å². The van der Waals surface area contributed by atoms with Crippen molar-refractivity contribution in [2.45, 2.75) is 32.4 Å². The predicted molar refractivity (Wildman–Crippen MR) is 117 cm³/mol. The van der Waals surface area contributed by atoms with Gasteiger partial charge in [0.25, 0.3) is 0 Å². The van der Waals surface area contributed by atoms with Crippen LogP contribution in [0.4, 0.5) is 0 Å². The van der Waals surface area contributed by atoms with Crippen molar-refractivity contribution in [3.8, 4) is 0 Å². The van der Waals surface area contributed by atoms with Crippen LogP contribution in [0.3, 0.4) is 0 Å². The Labute approximate surface area is 177 Å². The van der Waals surface area contributed by atoms with Gasteiger partial charge in [0.15, 0.2) is 5.96 Å². The SMILES string of the molecule is CN=C(NCC(C)(C)NS(C)(=O)=O)NC(C)c1ccc(Cl)cc1Cl.I. The van der Waals surface area contributed by atoms with Gasteiger partial charge in [-0.05, 0) is 38.5 Å². The molecule has 1 aromatic rings. The number of nitrogens with one attached hydrogen (secondary N) is 3. The maximum Gasteiger partial charge on any atom is 0.209 e. The lowest BCUT2D eigenvalue weighted by atomic mass is 10.1. The lowest BCUT2D eigenvalue weighted by Crippen LogP contribution is -2.53. The van der Waals surface area contributed by atoms with Crippen molar-refractivity contribution in [2.24, 2.45) is 4.99 Å². The molecule has 0 bridgehead atoms. The van der Waals surface area contributed by atoms with Crippen molar-refractivity contribution in [2.75, 3.05) is 19.8 Å². The Bertz CT molecular complexity index is 711. The van der Waals surface area contributed by atoms with Crippen LogP contribution in [0.15, 0.2) is 23.2 Å². The van der Waals surface area contributed by atoms with E-state index in [2.05, 4.69) is 20.3 Å². The number of hydrogen-bond acceptors (Lipinski definition) is 3. The molecular weight excluding hydrogens is 498 g/mol. The van der Waals surface area contributed by atoms with Crippen molar-refractivity contribution >= 4 is 63.2 Å². The minimum Gasteiger partial charge on any atom is -0.355 e. The highest BCUT2D eigenvalue weighted by atomic mass is 127. The Balaban J connectivity index is 0.00000576. The van der Waals surface area contributed by atoms with Gasteiger partial charge in [-0.15, -0.1) is 24.0 Å². The van der Waals surface area contributed by atoms with Gasteiger partial charge in [-0.2, -0.15) is 0 Å². The summed E-state index contributed by atoms with van der Waals surface area (Å²) in [6, 6.07) is 5.21. The molecule has 25 heavy (non-hydrogen) atoms. The molecule has 1 atom stereocenters. The Morgan fingerprint density at radius 3 is 2.40 bits per heavy atom. The summed E-state index contributed by atoms with van der Waals surface area (Å²) in [5, 5.41) is 7.46. The van der Waals surface area contributed by atoms with Crippen LogP contribution in [0.2, 0.25) is 10.0 Å². The molecule has 3 N–H and O–H groups in total. The summed E-state index contributed by atoms with van der Waals surface area (Å²) in [5.74, 6) is 0.539.